The average Bonchev–Trinajstić information content (AvgIpc) is 3.12. The minimum absolute atomic E-state index is 0.250. The summed E-state index contributed by atoms with van der Waals surface area (Å²) in [6.07, 6.45) is 2.01. The number of nitrogens with zero attached hydrogens (tertiary/aromatic N) is 1. The Labute approximate surface area is 188 Å². The number of aromatic nitrogens is 1. The lowest BCUT2D eigenvalue weighted by atomic mass is 10.2. The van der Waals surface area contributed by atoms with E-state index < -0.39 is 0 Å². The number of carbonyl (C=O) groups is 1. The molecule has 3 aromatic carbocycles. The molecule has 1 N–H and O–H groups in total. The molecule has 0 aliphatic rings. The van der Waals surface area contributed by atoms with Crippen molar-refractivity contribution in [2.45, 2.75) is 17.2 Å². The molecule has 0 fully saturated rings. The molecule has 0 bridgehead atoms. The van der Waals surface area contributed by atoms with E-state index >= 15 is 0 Å². The van der Waals surface area contributed by atoms with E-state index in [0.29, 0.717) is 35.0 Å². The Hall–Kier alpha value is -2.83. The van der Waals surface area contributed by atoms with Crippen LogP contribution in [0.4, 0.5) is 8.78 Å². The first-order chi connectivity index (χ1) is 15.0. The van der Waals surface area contributed by atoms with Crippen molar-refractivity contribution in [3.8, 4) is 0 Å². The van der Waals surface area contributed by atoms with Gasteiger partial charge in [-0.15, -0.1) is 11.8 Å². The van der Waals surface area contributed by atoms with Gasteiger partial charge in [-0.05, 0) is 42.5 Å². The van der Waals surface area contributed by atoms with Gasteiger partial charge in [-0.2, -0.15) is 0 Å². The predicted molar refractivity (Wildman–Crippen MR) is 122 cm³/mol. The van der Waals surface area contributed by atoms with E-state index in [4.69, 9.17) is 11.6 Å². The number of hydrogen-bond acceptors (Lipinski definition) is 2. The molecule has 0 atom stereocenters. The highest BCUT2D eigenvalue weighted by Crippen LogP contribution is 2.34. The maximum atomic E-state index is 14.1. The number of benzene rings is 3. The molecule has 0 saturated carbocycles. The van der Waals surface area contributed by atoms with Crippen molar-refractivity contribution in [1.29, 1.82) is 0 Å². The highest BCUT2D eigenvalue weighted by atomic mass is 35.5. The summed E-state index contributed by atoms with van der Waals surface area (Å²) in [6.45, 7) is 0.979. The van der Waals surface area contributed by atoms with Gasteiger partial charge in [-0.25, -0.2) is 8.78 Å². The zero-order valence-electron chi connectivity index (χ0n) is 16.4. The van der Waals surface area contributed by atoms with Crippen LogP contribution in [0.15, 0.2) is 77.8 Å². The van der Waals surface area contributed by atoms with Crippen molar-refractivity contribution >= 4 is 40.2 Å². The van der Waals surface area contributed by atoms with Gasteiger partial charge in [0.15, 0.2) is 0 Å². The number of para-hydroxylation sites is 1. The number of thioether (sulfide) groups is 1. The zero-order chi connectivity index (χ0) is 21.8. The fraction of sp³-hybridized carbons (Fsp3) is 0.125. The molecule has 0 spiro atoms. The van der Waals surface area contributed by atoms with Crippen molar-refractivity contribution in [3.63, 3.8) is 0 Å². The minimum atomic E-state index is -0.378. The number of amides is 1. The molecule has 4 rings (SSSR count). The fourth-order valence-electron chi connectivity index (χ4n) is 3.33. The Balaban J connectivity index is 1.46. The molecule has 158 valence electrons. The van der Waals surface area contributed by atoms with Crippen molar-refractivity contribution in [1.82, 2.24) is 9.88 Å². The van der Waals surface area contributed by atoms with Crippen LogP contribution in [0.1, 0.15) is 15.9 Å². The summed E-state index contributed by atoms with van der Waals surface area (Å²) < 4.78 is 29.2. The van der Waals surface area contributed by atoms with Crippen LogP contribution in [0.2, 0.25) is 5.02 Å². The van der Waals surface area contributed by atoms with Gasteiger partial charge in [-0.3, -0.25) is 4.79 Å². The first-order valence-electron chi connectivity index (χ1n) is 9.70. The Morgan fingerprint density at radius 2 is 1.77 bits per heavy atom. The highest BCUT2D eigenvalue weighted by Gasteiger charge is 2.12. The highest BCUT2D eigenvalue weighted by molar-refractivity contribution is 7.98. The molecule has 0 aliphatic heterocycles. The van der Waals surface area contributed by atoms with E-state index in [1.54, 1.807) is 12.1 Å². The summed E-state index contributed by atoms with van der Waals surface area (Å²) in [6, 6.07) is 18.1. The monoisotopic (exact) mass is 456 g/mol. The molecule has 31 heavy (non-hydrogen) atoms. The van der Waals surface area contributed by atoms with Gasteiger partial charge in [0.25, 0.3) is 5.91 Å². The summed E-state index contributed by atoms with van der Waals surface area (Å²) in [4.78, 5) is 13.3. The first kappa shape index (κ1) is 21.4. The Morgan fingerprint density at radius 1 is 1.00 bits per heavy atom. The molecule has 1 amide bonds. The van der Waals surface area contributed by atoms with E-state index in [2.05, 4.69) is 9.88 Å². The van der Waals surface area contributed by atoms with Crippen LogP contribution in [-0.4, -0.2) is 17.0 Å². The third-order valence-electron chi connectivity index (χ3n) is 4.93. The topological polar surface area (TPSA) is 34.0 Å². The van der Waals surface area contributed by atoms with E-state index in [9.17, 15) is 13.6 Å². The third kappa shape index (κ3) is 4.92. The van der Waals surface area contributed by atoms with Gasteiger partial charge in [-0.1, -0.05) is 35.9 Å². The van der Waals surface area contributed by atoms with Crippen LogP contribution in [0.3, 0.4) is 0 Å². The van der Waals surface area contributed by atoms with Gasteiger partial charge in [0.2, 0.25) is 0 Å². The maximum Gasteiger partial charge on any atom is 0.251 e. The van der Waals surface area contributed by atoms with Crippen molar-refractivity contribution in [3.05, 3.63) is 101 Å². The van der Waals surface area contributed by atoms with Crippen LogP contribution >= 0.6 is 23.4 Å². The lowest BCUT2D eigenvalue weighted by Crippen LogP contribution is -2.27. The fourth-order valence-corrected chi connectivity index (χ4v) is 4.76. The molecule has 1 heterocycles. The molecule has 3 nitrogen and oxygen atoms in total. The Morgan fingerprint density at radius 3 is 2.55 bits per heavy atom. The van der Waals surface area contributed by atoms with Crippen LogP contribution in [0.5, 0.6) is 0 Å². The van der Waals surface area contributed by atoms with E-state index in [1.165, 1.54) is 42.1 Å². The molecular weight excluding hydrogens is 438 g/mol. The Bertz CT molecular complexity index is 1200. The number of rotatable bonds is 7. The van der Waals surface area contributed by atoms with Gasteiger partial charge >= 0.3 is 0 Å². The zero-order valence-corrected chi connectivity index (χ0v) is 18.0. The van der Waals surface area contributed by atoms with Crippen LogP contribution in [-0.2, 0) is 12.3 Å². The largest absolute Gasteiger partial charge is 0.350 e. The summed E-state index contributed by atoms with van der Waals surface area (Å²) in [7, 11) is 0. The molecule has 0 radical (unpaired) electrons. The summed E-state index contributed by atoms with van der Waals surface area (Å²) >= 11 is 7.68. The molecule has 0 unspecified atom stereocenters. The van der Waals surface area contributed by atoms with Gasteiger partial charge in [0.1, 0.15) is 11.6 Å². The molecule has 1 aromatic heterocycles. The second kappa shape index (κ2) is 9.54. The van der Waals surface area contributed by atoms with E-state index in [-0.39, 0.29) is 17.5 Å². The molecular formula is C24H19ClF2N2OS. The van der Waals surface area contributed by atoms with E-state index in [1.807, 2.05) is 30.5 Å². The van der Waals surface area contributed by atoms with Crippen LogP contribution in [0, 0.1) is 11.6 Å². The second-order valence-corrected chi connectivity index (χ2v) is 8.38. The van der Waals surface area contributed by atoms with Gasteiger partial charge in [0, 0.05) is 57.0 Å². The smallest absolute Gasteiger partial charge is 0.251 e. The lowest BCUT2D eigenvalue weighted by molar-refractivity contribution is 0.0952. The second-order valence-electron chi connectivity index (χ2n) is 6.96. The van der Waals surface area contributed by atoms with Crippen LogP contribution in [0.25, 0.3) is 10.9 Å². The van der Waals surface area contributed by atoms with E-state index in [0.717, 1.165) is 15.8 Å². The standard InChI is InChI=1S/C24H19ClF2N2OS/c25-20-5-3-6-21(27)19(20)15-31-23-14-29(22-7-2-1-4-18(22)23)13-12-28-24(30)16-8-10-17(26)11-9-16/h1-11,14H,12-13,15H2,(H,28,30). The molecule has 0 saturated heterocycles. The third-order valence-corrected chi connectivity index (χ3v) is 6.35. The predicted octanol–water partition coefficient (Wildman–Crippen LogP) is 6.30. The number of fused-ring (bicyclic) bond motifs is 1. The first-order valence-corrected chi connectivity index (χ1v) is 11.1. The maximum absolute atomic E-state index is 14.1. The van der Waals surface area contributed by atoms with Crippen LogP contribution < -0.4 is 5.32 Å². The van der Waals surface area contributed by atoms with Crippen molar-refractivity contribution < 1.29 is 13.6 Å². The molecule has 4 aromatic rings. The summed E-state index contributed by atoms with van der Waals surface area (Å²) in [5, 5.41) is 4.33. The number of halogens is 3. The van der Waals surface area contributed by atoms with Gasteiger partial charge in [0.05, 0.1) is 0 Å². The number of hydrogen-bond donors (Lipinski definition) is 1. The number of nitrogens with one attached hydrogen (secondary N) is 1. The average molecular weight is 457 g/mol. The minimum Gasteiger partial charge on any atom is -0.350 e. The summed E-state index contributed by atoms with van der Waals surface area (Å²) in [5.74, 6) is -0.523. The molecule has 7 heteroatoms. The lowest BCUT2D eigenvalue weighted by Gasteiger charge is -2.07. The SMILES string of the molecule is O=C(NCCn1cc(SCc2c(F)cccc2Cl)c2ccccc21)c1ccc(F)cc1. The molecule has 0 aliphatic carbocycles. The normalized spacial score (nSPS) is 11.1. The van der Waals surface area contributed by atoms with Crippen molar-refractivity contribution in [2.75, 3.05) is 6.54 Å². The Kier molecular flexibility index (Phi) is 6.59. The van der Waals surface area contributed by atoms with Gasteiger partial charge < -0.3 is 9.88 Å². The van der Waals surface area contributed by atoms with Crippen molar-refractivity contribution in [2.24, 2.45) is 0 Å². The summed E-state index contributed by atoms with van der Waals surface area (Å²) in [5.41, 5.74) is 1.93. The quantitative estimate of drug-likeness (QED) is 0.331. The number of carbonyl (C=O) groups excluding carboxylic acids is 1.